The van der Waals surface area contributed by atoms with Crippen molar-refractivity contribution in [3.8, 4) is 5.75 Å². The standard InChI is InChI=1S/C27H23N3O4S/c1-15-8-4-6-10-19(15)29-25(32)23-17(3)28-27-30(24(23)21-13-12-16(2)34-21)26(33)22(35-27)14-18-9-5-7-11-20(18)31/h4-14,24,31H,1-3H3,(H,29,32)/b22-14+/t24-/m0/s1. The van der Waals surface area contributed by atoms with Crippen molar-refractivity contribution in [2.75, 3.05) is 5.32 Å². The summed E-state index contributed by atoms with van der Waals surface area (Å²) in [5.41, 5.74) is 2.66. The van der Waals surface area contributed by atoms with E-state index in [1.54, 1.807) is 49.4 Å². The smallest absolute Gasteiger partial charge is 0.271 e. The van der Waals surface area contributed by atoms with Crippen molar-refractivity contribution < 1.29 is 14.3 Å². The molecule has 2 aromatic carbocycles. The number of carbonyl (C=O) groups is 1. The Morgan fingerprint density at radius 2 is 1.83 bits per heavy atom. The molecule has 0 bridgehead atoms. The van der Waals surface area contributed by atoms with Crippen LogP contribution in [0, 0.1) is 13.8 Å². The molecule has 8 heteroatoms. The number of fused-ring (bicyclic) bond motifs is 1. The molecule has 1 aliphatic rings. The lowest BCUT2D eigenvalue weighted by molar-refractivity contribution is -0.113. The van der Waals surface area contributed by atoms with Crippen LogP contribution in [0.3, 0.4) is 0 Å². The molecule has 35 heavy (non-hydrogen) atoms. The summed E-state index contributed by atoms with van der Waals surface area (Å²) in [5.74, 6) is 0.868. The van der Waals surface area contributed by atoms with Crippen LogP contribution in [0.2, 0.25) is 0 Å². The molecule has 0 saturated carbocycles. The Balaban J connectivity index is 1.68. The average molecular weight is 486 g/mol. The van der Waals surface area contributed by atoms with Crippen molar-refractivity contribution in [1.29, 1.82) is 0 Å². The molecule has 0 aliphatic carbocycles. The van der Waals surface area contributed by atoms with Gasteiger partial charge in [-0.05, 0) is 56.7 Å². The van der Waals surface area contributed by atoms with Gasteiger partial charge in [0.15, 0.2) is 4.80 Å². The number of hydrogen-bond acceptors (Lipinski definition) is 6. The number of thiazole rings is 1. The van der Waals surface area contributed by atoms with Gasteiger partial charge in [0.1, 0.15) is 23.3 Å². The summed E-state index contributed by atoms with van der Waals surface area (Å²) < 4.78 is 7.81. The molecule has 2 aromatic heterocycles. The van der Waals surface area contributed by atoms with Crippen LogP contribution in [0.1, 0.15) is 35.6 Å². The van der Waals surface area contributed by atoms with Gasteiger partial charge < -0.3 is 14.8 Å². The maximum Gasteiger partial charge on any atom is 0.271 e. The fourth-order valence-electron chi connectivity index (χ4n) is 4.13. The Morgan fingerprint density at radius 1 is 1.09 bits per heavy atom. The van der Waals surface area contributed by atoms with E-state index in [1.807, 2.05) is 38.1 Å². The highest BCUT2D eigenvalue weighted by atomic mass is 32.1. The molecule has 0 fully saturated rings. The van der Waals surface area contributed by atoms with Crippen molar-refractivity contribution in [1.82, 2.24) is 4.57 Å². The van der Waals surface area contributed by atoms with Crippen LogP contribution in [-0.2, 0) is 4.79 Å². The van der Waals surface area contributed by atoms with Crippen LogP contribution in [-0.4, -0.2) is 15.6 Å². The van der Waals surface area contributed by atoms with Gasteiger partial charge in [-0.25, -0.2) is 4.99 Å². The summed E-state index contributed by atoms with van der Waals surface area (Å²) in [6.45, 7) is 5.49. The summed E-state index contributed by atoms with van der Waals surface area (Å²) in [5, 5.41) is 13.2. The van der Waals surface area contributed by atoms with Crippen molar-refractivity contribution in [3.63, 3.8) is 0 Å². The van der Waals surface area contributed by atoms with Crippen LogP contribution in [0.4, 0.5) is 5.69 Å². The van der Waals surface area contributed by atoms with Crippen molar-refractivity contribution in [2.24, 2.45) is 4.99 Å². The molecule has 4 aromatic rings. The fourth-order valence-corrected chi connectivity index (χ4v) is 5.17. The van der Waals surface area contributed by atoms with E-state index in [0.717, 1.165) is 5.56 Å². The van der Waals surface area contributed by atoms with E-state index in [2.05, 4.69) is 10.3 Å². The molecule has 0 radical (unpaired) electrons. The third kappa shape index (κ3) is 4.13. The normalized spacial score (nSPS) is 15.6. The highest BCUT2D eigenvalue weighted by Crippen LogP contribution is 2.32. The Labute approximate surface area is 205 Å². The van der Waals surface area contributed by atoms with Gasteiger partial charge in [0, 0.05) is 11.3 Å². The van der Waals surface area contributed by atoms with Gasteiger partial charge in [-0.1, -0.05) is 47.7 Å². The molecule has 0 unspecified atom stereocenters. The first-order chi connectivity index (χ1) is 16.8. The number of phenolic OH excluding ortho intramolecular Hbond substituents is 1. The highest BCUT2D eigenvalue weighted by Gasteiger charge is 2.34. The molecule has 1 amide bonds. The number of furan rings is 1. The lowest BCUT2D eigenvalue weighted by atomic mass is 10.00. The van der Waals surface area contributed by atoms with E-state index in [0.29, 0.717) is 43.4 Å². The van der Waals surface area contributed by atoms with E-state index in [4.69, 9.17) is 4.42 Å². The van der Waals surface area contributed by atoms with Crippen LogP contribution in [0.5, 0.6) is 5.75 Å². The third-order valence-electron chi connectivity index (χ3n) is 5.91. The number of nitrogens with one attached hydrogen (secondary N) is 1. The molecule has 5 rings (SSSR count). The SMILES string of the molecule is CC1=C(C(=O)Nc2ccccc2C)[C@H](c2ccc(C)o2)n2c(s/c(=C/c3ccccc3O)c2=O)=N1. The summed E-state index contributed by atoms with van der Waals surface area (Å²) in [6, 6.07) is 17.1. The minimum Gasteiger partial charge on any atom is -0.507 e. The monoisotopic (exact) mass is 485 g/mol. The molecule has 2 N–H and O–H groups in total. The van der Waals surface area contributed by atoms with Gasteiger partial charge in [0.2, 0.25) is 0 Å². The van der Waals surface area contributed by atoms with Crippen molar-refractivity contribution in [3.05, 3.63) is 114 Å². The second-order valence-corrected chi connectivity index (χ2v) is 9.37. The van der Waals surface area contributed by atoms with Gasteiger partial charge in [-0.3, -0.25) is 14.2 Å². The van der Waals surface area contributed by atoms with Crippen molar-refractivity contribution in [2.45, 2.75) is 26.8 Å². The van der Waals surface area contributed by atoms with E-state index < -0.39 is 6.04 Å². The van der Waals surface area contributed by atoms with Gasteiger partial charge in [-0.15, -0.1) is 0 Å². The molecule has 0 spiro atoms. The molecule has 0 saturated heterocycles. The number of aromatic nitrogens is 1. The summed E-state index contributed by atoms with van der Waals surface area (Å²) in [4.78, 5) is 32.2. The predicted molar refractivity (Wildman–Crippen MR) is 135 cm³/mol. The maximum absolute atomic E-state index is 13.6. The fraction of sp³-hybridized carbons (Fsp3) is 0.148. The molecular formula is C27H23N3O4S. The lowest BCUT2D eigenvalue weighted by Gasteiger charge is -2.23. The number of rotatable bonds is 4. The molecule has 7 nitrogen and oxygen atoms in total. The quantitative estimate of drug-likeness (QED) is 0.460. The van der Waals surface area contributed by atoms with E-state index in [-0.39, 0.29) is 17.2 Å². The third-order valence-corrected chi connectivity index (χ3v) is 6.90. The topological polar surface area (TPSA) is 96.8 Å². The molecule has 3 heterocycles. The number of amides is 1. The second-order valence-electron chi connectivity index (χ2n) is 8.36. The maximum atomic E-state index is 13.6. The number of nitrogens with zero attached hydrogens (tertiary/aromatic N) is 2. The largest absolute Gasteiger partial charge is 0.507 e. The molecule has 1 aliphatic heterocycles. The molecular weight excluding hydrogens is 462 g/mol. The number of carbonyl (C=O) groups excluding carboxylic acids is 1. The second kappa shape index (κ2) is 8.88. The Bertz CT molecular complexity index is 1670. The Morgan fingerprint density at radius 3 is 2.54 bits per heavy atom. The summed E-state index contributed by atoms with van der Waals surface area (Å²) >= 11 is 1.20. The number of allylic oxidation sites excluding steroid dienone is 1. The number of phenols is 1. The van der Waals surface area contributed by atoms with Gasteiger partial charge in [0.05, 0.1) is 15.8 Å². The number of benzene rings is 2. The van der Waals surface area contributed by atoms with Crippen LogP contribution in [0.15, 0.2) is 86.1 Å². The minimum absolute atomic E-state index is 0.0750. The first kappa shape index (κ1) is 22.6. The van der Waals surface area contributed by atoms with Gasteiger partial charge >= 0.3 is 0 Å². The van der Waals surface area contributed by atoms with Crippen LogP contribution in [0.25, 0.3) is 6.08 Å². The van der Waals surface area contributed by atoms with E-state index >= 15 is 0 Å². The molecule has 1 atom stereocenters. The van der Waals surface area contributed by atoms with Gasteiger partial charge in [-0.2, -0.15) is 0 Å². The number of aryl methyl sites for hydroxylation is 2. The zero-order valence-electron chi connectivity index (χ0n) is 19.4. The van der Waals surface area contributed by atoms with Crippen LogP contribution < -0.4 is 20.2 Å². The number of anilines is 1. The highest BCUT2D eigenvalue weighted by molar-refractivity contribution is 7.07. The molecule has 176 valence electrons. The number of aromatic hydroxyl groups is 1. The lowest BCUT2D eigenvalue weighted by Crippen LogP contribution is -2.40. The van der Waals surface area contributed by atoms with Crippen molar-refractivity contribution >= 4 is 29.0 Å². The van der Waals surface area contributed by atoms with Gasteiger partial charge in [0.25, 0.3) is 11.5 Å². The summed E-state index contributed by atoms with van der Waals surface area (Å²) in [7, 11) is 0. The van der Waals surface area contributed by atoms with E-state index in [1.165, 1.54) is 15.9 Å². The Kier molecular flexibility index (Phi) is 5.74. The number of para-hydroxylation sites is 2. The number of hydrogen-bond donors (Lipinski definition) is 2. The van der Waals surface area contributed by atoms with Crippen LogP contribution >= 0.6 is 11.3 Å². The zero-order valence-corrected chi connectivity index (χ0v) is 20.2. The Hall–Kier alpha value is -4.17. The average Bonchev–Trinajstić information content (AvgIpc) is 3.39. The first-order valence-electron chi connectivity index (χ1n) is 11.1. The minimum atomic E-state index is -0.782. The predicted octanol–water partition coefficient (Wildman–Crippen LogP) is 3.79. The summed E-state index contributed by atoms with van der Waals surface area (Å²) in [6.07, 6.45) is 1.63. The van der Waals surface area contributed by atoms with E-state index in [9.17, 15) is 14.7 Å². The zero-order chi connectivity index (χ0) is 24.7. The first-order valence-corrected chi connectivity index (χ1v) is 11.9.